The maximum Gasteiger partial charge on any atom is 0.0905 e. The summed E-state index contributed by atoms with van der Waals surface area (Å²) in [5.74, 6) is 0.755. The van der Waals surface area contributed by atoms with Gasteiger partial charge in [-0.15, -0.1) is 12.2 Å². The Morgan fingerprint density at radius 1 is 1.26 bits per heavy atom. The number of benzene rings is 1. The van der Waals surface area contributed by atoms with Gasteiger partial charge in [-0.25, -0.2) is 0 Å². The Kier molecular flexibility index (Phi) is 14.5. The third-order valence-electron chi connectivity index (χ3n) is 2.45. The van der Waals surface area contributed by atoms with Crippen molar-refractivity contribution in [2.24, 2.45) is 5.92 Å². The van der Waals surface area contributed by atoms with Crippen LogP contribution in [-0.2, 0) is 17.1 Å². The van der Waals surface area contributed by atoms with Gasteiger partial charge in [0.25, 0.3) is 0 Å². The Bertz CT molecular complexity index is 323. The SMILES string of the molecule is C/C=C(\O)C(C)C.CCCC[N-]c1ccccc1.[Mn]. The molecule has 0 amide bonds. The number of hydrogen-bond donors (Lipinski definition) is 1. The first kappa shape index (κ1) is 20.4. The molecule has 19 heavy (non-hydrogen) atoms. The minimum Gasteiger partial charge on any atom is -0.684 e. The molecule has 1 aromatic rings. The molecule has 0 saturated carbocycles. The average molecular weight is 303 g/mol. The topological polar surface area (TPSA) is 34.3 Å². The van der Waals surface area contributed by atoms with Gasteiger partial charge in [-0.1, -0.05) is 63.9 Å². The van der Waals surface area contributed by atoms with E-state index in [1.165, 1.54) is 12.8 Å². The predicted molar refractivity (Wildman–Crippen MR) is 80.5 cm³/mol. The molecule has 1 aromatic carbocycles. The zero-order valence-corrected chi connectivity index (χ0v) is 13.6. The van der Waals surface area contributed by atoms with Crippen LogP contribution in [0.5, 0.6) is 0 Å². The standard InChI is InChI=1S/C10H14N.C6H12O.Mn/c1-2-3-9-11-10-7-5-4-6-8-10;1-4-6(7)5(2)3;/h4-8H,2-3,9H2,1H3;4-5,7H,1-3H3;/q-1;;/b;6-4-;. The quantitative estimate of drug-likeness (QED) is 0.429. The van der Waals surface area contributed by atoms with E-state index in [9.17, 15) is 0 Å². The molecule has 3 heteroatoms. The third-order valence-corrected chi connectivity index (χ3v) is 2.45. The molecule has 0 atom stereocenters. The zero-order valence-electron chi connectivity index (χ0n) is 12.4. The summed E-state index contributed by atoms with van der Waals surface area (Å²) in [4.78, 5) is 0. The van der Waals surface area contributed by atoms with E-state index in [2.05, 4.69) is 12.2 Å². The van der Waals surface area contributed by atoms with Gasteiger partial charge in [-0.05, 0) is 13.0 Å². The predicted octanol–water partition coefficient (Wildman–Crippen LogP) is 5.59. The molecule has 2 nitrogen and oxygen atoms in total. The van der Waals surface area contributed by atoms with Gasteiger partial charge >= 0.3 is 0 Å². The van der Waals surface area contributed by atoms with Crippen molar-refractivity contribution in [2.45, 2.75) is 40.5 Å². The zero-order chi connectivity index (χ0) is 13.8. The fourth-order valence-electron chi connectivity index (χ4n) is 1.23. The minimum absolute atomic E-state index is 0. The fourth-order valence-corrected chi connectivity index (χ4v) is 1.23. The molecule has 109 valence electrons. The van der Waals surface area contributed by atoms with Crippen LogP contribution in [0.1, 0.15) is 40.5 Å². The van der Waals surface area contributed by atoms with Crippen molar-refractivity contribution in [3.05, 3.63) is 47.5 Å². The van der Waals surface area contributed by atoms with Gasteiger partial charge in [0.1, 0.15) is 0 Å². The maximum atomic E-state index is 8.80. The molecule has 1 N–H and O–H groups in total. The van der Waals surface area contributed by atoms with Crippen LogP contribution in [0.15, 0.2) is 42.2 Å². The van der Waals surface area contributed by atoms with E-state index >= 15 is 0 Å². The summed E-state index contributed by atoms with van der Waals surface area (Å²) in [7, 11) is 0. The Morgan fingerprint density at radius 2 is 1.84 bits per heavy atom. The van der Waals surface area contributed by atoms with Gasteiger partial charge in [-0.2, -0.15) is 0 Å². The number of allylic oxidation sites excluding steroid dienone is 2. The summed E-state index contributed by atoms with van der Waals surface area (Å²) in [5.41, 5.74) is 1.10. The molecule has 0 bridgehead atoms. The van der Waals surface area contributed by atoms with Gasteiger partial charge in [0, 0.05) is 23.0 Å². The molecule has 0 aliphatic carbocycles. The van der Waals surface area contributed by atoms with Crippen LogP contribution in [0.25, 0.3) is 5.32 Å². The Hall–Kier alpha value is -0.921. The monoisotopic (exact) mass is 303 g/mol. The van der Waals surface area contributed by atoms with Gasteiger partial charge < -0.3 is 10.4 Å². The summed E-state index contributed by atoms with van der Waals surface area (Å²) in [5, 5.41) is 13.2. The molecule has 0 aromatic heterocycles. The molecule has 0 heterocycles. The summed E-state index contributed by atoms with van der Waals surface area (Å²) < 4.78 is 0. The molecule has 0 saturated heterocycles. The van der Waals surface area contributed by atoms with Gasteiger partial charge in [0.15, 0.2) is 0 Å². The van der Waals surface area contributed by atoms with Crippen molar-refractivity contribution in [3.63, 3.8) is 0 Å². The Labute approximate surface area is 128 Å². The summed E-state index contributed by atoms with van der Waals surface area (Å²) >= 11 is 0. The first-order valence-electron chi connectivity index (χ1n) is 6.69. The number of nitrogens with zero attached hydrogens (tertiary/aromatic N) is 1. The second kappa shape index (κ2) is 13.5. The van der Waals surface area contributed by atoms with Crippen LogP contribution < -0.4 is 0 Å². The van der Waals surface area contributed by atoms with E-state index in [-0.39, 0.29) is 23.0 Å². The summed E-state index contributed by atoms with van der Waals surface area (Å²) in [6.07, 6.45) is 4.12. The largest absolute Gasteiger partial charge is 0.684 e. The van der Waals surface area contributed by atoms with E-state index in [1.807, 2.05) is 51.1 Å². The minimum atomic E-state index is 0. The molecule has 1 radical (unpaired) electrons. The van der Waals surface area contributed by atoms with Gasteiger partial charge in [-0.3, -0.25) is 0 Å². The van der Waals surface area contributed by atoms with E-state index < -0.39 is 0 Å². The van der Waals surface area contributed by atoms with Crippen molar-refractivity contribution < 1.29 is 22.2 Å². The van der Waals surface area contributed by atoms with Crippen molar-refractivity contribution in [2.75, 3.05) is 6.54 Å². The molecular formula is C16H26MnNO-. The van der Waals surface area contributed by atoms with Gasteiger partial charge in [0.2, 0.25) is 0 Å². The molecule has 0 fully saturated rings. The van der Waals surface area contributed by atoms with E-state index in [0.717, 1.165) is 12.2 Å². The van der Waals surface area contributed by atoms with Crippen LogP contribution in [-0.4, -0.2) is 11.7 Å². The summed E-state index contributed by atoms with van der Waals surface area (Å²) in [6, 6.07) is 10.1. The molecule has 0 aliphatic rings. The average Bonchev–Trinajstić information content (AvgIpc) is 2.40. The second-order valence-electron chi connectivity index (χ2n) is 4.44. The number of aliphatic hydroxyl groups excluding tert-OH is 1. The number of rotatable bonds is 5. The van der Waals surface area contributed by atoms with Crippen molar-refractivity contribution in [1.29, 1.82) is 0 Å². The first-order chi connectivity index (χ1) is 8.61. The smallest absolute Gasteiger partial charge is 0.0905 e. The first-order valence-corrected chi connectivity index (χ1v) is 6.69. The maximum absolute atomic E-state index is 8.80. The second-order valence-corrected chi connectivity index (χ2v) is 4.44. The third kappa shape index (κ3) is 11.9. The number of aliphatic hydroxyl groups is 1. The van der Waals surface area contributed by atoms with Crippen molar-refractivity contribution in [1.82, 2.24) is 0 Å². The van der Waals surface area contributed by atoms with E-state index in [4.69, 9.17) is 5.11 Å². The number of unbranched alkanes of at least 4 members (excludes halogenated alkanes) is 1. The van der Waals surface area contributed by atoms with Crippen LogP contribution in [0.2, 0.25) is 0 Å². The Balaban J connectivity index is 0. The van der Waals surface area contributed by atoms with Crippen LogP contribution in [0.4, 0.5) is 5.69 Å². The summed E-state index contributed by atoms with van der Waals surface area (Å²) in [6.45, 7) is 8.88. The molecular weight excluding hydrogens is 277 g/mol. The van der Waals surface area contributed by atoms with Crippen LogP contribution >= 0.6 is 0 Å². The van der Waals surface area contributed by atoms with Crippen molar-refractivity contribution >= 4 is 5.69 Å². The van der Waals surface area contributed by atoms with Crippen molar-refractivity contribution in [3.8, 4) is 0 Å². The van der Waals surface area contributed by atoms with E-state index in [0.29, 0.717) is 5.76 Å². The normalized spacial score (nSPS) is 10.3. The van der Waals surface area contributed by atoms with Gasteiger partial charge in [0.05, 0.1) is 5.76 Å². The molecule has 0 aliphatic heterocycles. The number of para-hydroxylation sites is 1. The molecule has 1 rings (SSSR count). The molecule has 0 unspecified atom stereocenters. The van der Waals surface area contributed by atoms with E-state index in [1.54, 1.807) is 6.08 Å². The fraction of sp³-hybridized carbons (Fsp3) is 0.500. The number of hydrogen-bond acceptors (Lipinski definition) is 1. The Morgan fingerprint density at radius 3 is 2.21 bits per heavy atom. The van der Waals surface area contributed by atoms with Crippen LogP contribution in [0, 0.1) is 5.92 Å². The molecule has 0 spiro atoms. The van der Waals surface area contributed by atoms with Crippen LogP contribution in [0.3, 0.4) is 0 Å².